The third-order valence-electron chi connectivity index (χ3n) is 3.76. The number of aliphatic carboxylic acids is 1. The van der Waals surface area contributed by atoms with Crippen molar-refractivity contribution in [3.05, 3.63) is 59.7 Å². The third kappa shape index (κ3) is 6.76. The van der Waals surface area contributed by atoms with Crippen LogP contribution >= 0.6 is 0 Å². The van der Waals surface area contributed by atoms with Gasteiger partial charge in [-0.1, -0.05) is 31.2 Å². The molecule has 0 amide bonds. The molecule has 1 unspecified atom stereocenters. The van der Waals surface area contributed by atoms with Gasteiger partial charge in [0, 0.05) is 6.42 Å². The summed E-state index contributed by atoms with van der Waals surface area (Å²) < 4.78 is 32.6. The summed E-state index contributed by atoms with van der Waals surface area (Å²) >= 11 is 0. The van der Waals surface area contributed by atoms with E-state index in [2.05, 4.69) is 0 Å². The SMILES string of the molecule is CC(CC(=O)O)c1ccc(OCCc2ccc(OS(C)(=O)=O)cc2)cc1. The number of rotatable bonds is 9. The molecular formula is C19H22O6S. The summed E-state index contributed by atoms with van der Waals surface area (Å²) in [5, 5.41) is 8.83. The van der Waals surface area contributed by atoms with Gasteiger partial charge >= 0.3 is 16.1 Å². The average Bonchev–Trinajstić information content (AvgIpc) is 2.55. The van der Waals surface area contributed by atoms with Gasteiger partial charge in [-0.3, -0.25) is 4.79 Å². The first-order chi connectivity index (χ1) is 12.2. The van der Waals surface area contributed by atoms with Crippen molar-refractivity contribution in [2.24, 2.45) is 0 Å². The number of carboxylic acids is 1. The molecule has 0 bridgehead atoms. The molecular weight excluding hydrogens is 356 g/mol. The van der Waals surface area contributed by atoms with Crippen LogP contribution in [-0.4, -0.2) is 32.4 Å². The molecule has 0 aliphatic heterocycles. The highest BCUT2D eigenvalue weighted by Crippen LogP contribution is 2.22. The van der Waals surface area contributed by atoms with Crippen molar-refractivity contribution in [1.29, 1.82) is 0 Å². The van der Waals surface area contributed by atoms with Crippen LogP contribution in [0.15, 0.2) is 48.5 Å². The zero-order valence-corrected chi connectivity index (χ0v) is 15.5. The van der Waals surface area contributed by atoms with Gasteiger partial charge in [-0.25, -0.2) is 0 Å². The van der Waals surface area contributed by atoms with Gasteiger partial charge in [0.1, 0.15) is 11.5 Å². The van der Waals surface area contributed by atoms with Crippen molar-refractivity contribution < 1.29 is 27.2 Å². The van der Waals surface area contributed by atoms with Crippen molar-refractivity contribution >= 4 is 16.1 Å². The first-order valence-corrected chi connectivity index (χ1v) is 9.97. The second-order valence-electron chi connectivity index (χ2n) is 6.10. The molecule has 7 heteroatoms. The number of carboxylic acid groups (broad SMARTS) is 1. The minimum absolute atomic E-state index is 0.0470. The fourth-order valence-corrected chi connectivity index (χ4v) is 2.91. The predicted octanol–water partition coefficient (Wildman–Crippen LogP) is 3.22. The van der Waals surface area contributed by atoms with Crippen LogP contribution in [0.25, 0.3) is 0 Å². The normalized spacial score (nSPS) is 12.4. The molecule has 0 aromatic heterocycles. The van der Waals surface area contributed by atoms with E-state index in [9.17, 15) is 13.2 Å². The smallest absolute Gasteiger partial charge is 0.306 e. The lowest BCUT2D eigenvalue weighted by atomic mass is 9.98. The predicted molar refractivity (Wildman–Crippen MR) is 98.2 cm³/mol. The Bertz CT molecular complexity index is 825. The van der Waals surface area contributed by atoms with E-state index in [1.807, 2.05) is 31.2 Å². The van der Waals surface area contributed by atoms with Crippen LogP contribution in [0.4, 0.5) is 0 Å². The second kappa shape index (κ2) is 8.71. The highest BCUT2D eigenvalue weighted by Gasteiger charge is 2.10. The van der Waals surface area contributed by atoms with Crippen LogP contribution in [0.1, 0.15) is 30.4 Å². The number of benzene rings is 2. The second-order valence-corrected chi connectivity index (χ2v) is 7.67. The van der Waals surface area contributed by atoms with E-state index in [4.69, 9.17) is 14.0 Å². The van der Waals surface area contributed by atoms with Gasteiger partial charge in [-0.2, -0.15) is 8.42 Å². The summed E-state index contributed by atoms with van der Waals surface area (Å²) in [5.41, 5.74) is 1.96. The molecule has 6 nitrogen and oxygen atoms in total. The Labute approximate surface area is 153 Å². The van der Waals surface area contributed by atoms with Gasteiger partial charge in [-0.05, 0) is 41.3 Å². The molecule has 0 saturated carbocycles. The molecule has 2 rings (SSSR count). The molecule has 2 aromatic rings. The lowest BCUT2D eigenvalue weighted by molar-refractivity contribution is -0.137. The van der Waals surface area contributed by atoms with Crippen molar-refractivity contribution in [2.75, 3.05) is 12.9 Å². The standard InChI is InChI=1S/C19H22O6S/c1-14(13-19(20)21)16-5-9-17(10-6-16)24-12-11-15-3-7-18(8-4-15)25-26(2,22)23/h3-10,14H,11-13H2,1-2H3,(H,20,21). The van der Waals surface area contributed by atoms with E-state index in [-0.39, 0.29) is 18.1 Å². The Morgan fingerprint density at radius 1 is 1.04 bits per heavy atom. The molecule has 0 aliphatic rings. The summed E-state index contributed by atoms with van der Waals surface area (Å²) in [6.45, 7) is 2.34. The van der Waals surface area contributed by atoms with E-state index in [0.717, 1.165) is 17.4 Å². The van der Waals surface area contributed by atoms with Gasteiger partial charge in [0.25, 0.3) is 0 Å². The van der Waals surface area contributed by atoms with Gasteiger partial charge in [0.2, 0.25) is 0 Å². The summed E-state index contributed by atoms with van der Waals surface area (Å²) in [4.78, 5) is 10.8. The Morgan fingerprint density at radius 3 is 2.15 bits per heavy atom. The van der Waals surface area contributed by atoms with Gasteiger partial charge in [0.05, 0.1) is 19.3 Å². The van der Waals surface area contributed by atoms with Crippen molar-refractivity contribution in [1.82, 2.24) is 0 Å². The van der Waals surface area contributed by atoms with Crippen molar-refractivity contribution in [2.45, 2.75) is 25.7 Å². The summed E-state index contributed by atoms with van der Waals surface area (Å²) in [5.74, 6) is 0.136. The Kier molecular flexibility index (Phi) is 6.63. The molecule has 140 valence electrons. The number of hydrogen-bond acceptors (Lipinski definition) is 5. The van der Waals surface area contributed by atoms with E-state index in [0.29, 0.717) is 18.8 Å². The third-order valence-corrected chi connectivity index (χ3v) is 4.26. The minimum atomic E-state index is -3.52. The monoisotopic (exact) mass is 378 g/mol. The van der Waals surface area contributed by atoms with Gasteiger partial charge < -0.3 is 14.0 Å². The van der Waals surface area contributed by atoms with E-state index in [1.54, 1.807) is 24.3 Å². The van der Waals surface area contributed by atoms with Crippen LogP contribution in [0, 0.1) is 0 Å². The molecule has 1 atom stereocenters. The average molecular weight is 378 g/mol. The van der Waals surface area contributed by atoms with Gasteiger partial charge in [-0.15, -0.1) is 0 Å². The Morgan fingerprint density at radius 2 is 1.62 bits per heavy atom. The summed E-state index contributed by atoms with van der Waals surface area (Å²) in [6.07, 6.45) is 1.76. The first kappa shape index (κ1) is 19.8. The van der Waals surface area contributed by atoms with Crippen LogP contribution in [0.5, 0.6) is 11.5 Å². The molecule has 0 aliphatic carbocycles. The molecule has 0 spiro atoms. The zero-order valence-electron chi connectivity index (χ0n) is 14.7. The maximum atomic E-state index is 11.1. The highest BCUT2D eigenvalue weighted by molar-refractivity contribution is 7.86. The summed E-state index contributed by atoms with van der Waals surface area (Å²) in [7, 11) is -3.52. The van der Waals surface area contributed by atoms with Crippen molar-refractivity contribution in [3.63, 3.8) is 0 Å². The van der Waals surface area contributed by atoms with E-state index < -0.39 is 16.1 Å². The van der Waals surface area contributed by atoms with Crippen molar-refractivity contribution in [3.8, 4) is 11.5 Å². The highest BCUT2D eigenvalue weighted by atomic mass is 32.2. The largest absolute Gasteiger partial charge is 0.493 e. The number of ether oxygens (including phenoxy) is 1. The van der Waals surface area contributed by atoms with Crippen LogP contribution in [-0.2, 0) is 21.3 Å². The lowest BCUT2D eigenvalue weighted by Gasteiger charge is -2.11. The summed E-state index contributed by atoms with van der Waals surface area (Å²) in [6, 6.07) is 14.2. The van der Waals surface area contributed by atoms with Gasteiger partial charge in [0.15, 0.2) is 0 Å². The molecule has 1 N–H and O–H groups in total. The molecule has 26 heavy (non-hydrogen) atoms. The topological polar surface area (TPSA) is 89.9 Å². The van der Waals surface area contributed by atoms with Crippen LogP contribution in [0.3, 0.4) is 0 Å². The Hall–Kier alpha value is -2.54. The molecule has 0 saturated heterocycles. The quantitative estimate of drug-likeness (QED) is 0.674. The first-order valence-electron chi connectivity index (χ1n) is 8.16. The maximum Gasteiger partial charge on any atom is 0.306 e. The number of carbonyl (C=O) groups is 1. The van der Waals surface area contributed by atoms with E-state index in [1.165, 1.54) is 0 Å². The fourth-order valence-electron chi connectivity index (χ4n) is 2.45. The molecule has 0 heterocycles. The molecule has 0 fully saturated rings. The van der Waals surface area contributed by atoms with Crippen LogP contribution in [0.2, 0.25) is 0 Å². The zero-order chi connectivity index (χ0) is 19.2. The maximum absolute atomic E-state index is 11.1. The lowest BCUT2D eigenvalue weighted by Crippen LogP contribution is -2.06. The number of hydrogen-bond donors (Lipinski definition) is 1. The fraction of sp³-hybridized carbons (Fsp3) is 0.316. The van der Waals surface area contributed by atoms with E-state index >= 15 is 0 Å². The minimum Gasteiger partial charge on any atom is -0.493 e. The van der Waals surface area contributed by atoms with Crippen LogP contribution < -0.4 is 8.92 Å². The molecule has 2 aromatic carbocycles. The molecule has 0 radical (unpaired) electrons. The Balaban J connectivity index is 1.83.